The van der Waals surface area contributed by atoms with Crippen molar-refractivity contribution in [2.75, 3.05) is 19.6 Å². The van der Waals surface area contributed by atoms with Crippen LogP contribution >= 0.6 is 11.6 Å². The van der Waals surface area contributed by atoms with Crippen LogP contribution in [0, 0.1) is 6.92 Å². The van der Waals surface area contributed by atoms with Gasteiger partial charge in [-0.1, -0.05) is 54.6 Å². The number of benzene rings is 2. The maximum atomic E-state index is 13.7. The molecule has 1 saturated heterocycles. The van der Waals surface area contributed by atoms with Crippen LogP contribution < -0.4 is 0 Å². The van der Waals surface area contributed by atoms with Crippen molar-refractivity contribution in [1.29, 1.82) is 0 Å². The molecule has 0 N–H and O–H groups in total. The van der Waals surface area contributed by atoms with Crippen LogP contribution in [0.15, 0.2) is 77.4 Å². The van der Waals surface area contributed by atoms with Crippen molar-refractivity contribution in [3.8, 4) is 0 Å². The molecule has 7 heteroatoms. The van der Waals surface area contributed by atoms with Gasteiger partial charge in [0, 0.05) is 31.1 Å². The fourth-order valence-electron chi connectivity index (χ4n) is 4.81. The molecule has 5 rings (SSSR count). The fraction of sp³-hybridized carbons (Fsp3) is 0.286. The molecule has 0 saturated carbocycles. The van der Waals surface area contributed by atoms with Gasteiger partial charge in [0.15, 0.2) is 0 Å². The molecule has 2 aromatic carbocycles. The number of furan rings is 1. The van der Waals surface area contributed by atoms with Crippen LogP contribution in [-0.4, -0.2) is 51.9 Å². The zero-order valence-corrected chi connectivity index (χ0v) is 20.6. The number of alkyl halides is 1. The fourth-order valence-corrected chi connectivity index (χ4v) is 5.08. The van der Waals surface area contributed by atoms with Crippen LogP contribution in [0.1, 0.15) is 39.5 Å². The number of aromatic nitrogens is 1. The van der Waals surface area contributed by atoms with Crippen LogP contribution in [0.5, 0.6) is 0 Å². The Bertz CT molecular complexity index is 1360. The minimum atomic E-state index is -0.737. The summed E-state index contributed by atoms with van der Waals surface area (Å²) in [7, 11) is 0. The van der Waals surface area contributed by atoms with Crippen LogP contribution in [0.2, 0.25) is 0 Å². The van der Waals surface area contributed by atoms with Gasteiger partial charge in [-0.25, -0.2) is 0 Å². The van der Waals surface area contributed by atoms with Gasteiger partial charge in [0.1, 0.15) is 11.1 Å². The normalized spacial score (nSPS) is 17.1. The number of hydrogen-bond donors (Lipinski definition) is 0. The van der Waals surface area contributed by atoms with E-state index in [1.807, 2.05) is 71.0 Å². The summed E-state index contributed by atoms with van der Waals surface area (Å²) in [5, 5.41) is 0.163. The molecule has 4 aromatic rings. The number of rotatable bonds is 5. The Hall–Kier alpha value is -3.51. The van der Waals surface area contributed by atoms with Crippen molar-refractivity contribution < 1.29 is 14.0 Å². The summed E-state index contributed by atoms with van der Waals surface area (Å²) in [6.07, 6.45) is 1.65. The summed E-state index contributed by atoms with van der Waals surface area (Å²) >= 11 is 6.51. The van der Waals surface area contributed by atoms with E-state index in [0.717, 1.165) is 22.1 Å². The van der Waals surface area contributed by atoms with E-state index in [2.05, 4.69) is 19.1 Å². The quantitative estimate of drug-likeness (QED) is 0.360. The Labute approximate surface area is 209 Å². The summed E-state index contributed by atoms with van der Waals surface area (Å²) in [5.41, 5.74) is 4.35. The smallest absolute Gasteiger partial charge is 0.270 e. The number of carbonyl (C=O) groups is 2. The molecule has 2 unspecified atom stereocenters. The topological polar surface area (TPSA) is 58.7 Å². The minimum Gasteiger partial charge on any atom is -0.448 e. The van der Waals surface area contributed by atoms with Crippen LogP contribution in [-0.2, 0) is 11.3 Å². The number of aryl methyl sites for hydroxylation is 1. The highest BCUT2D eigenvalue weighted by atomic mass is 35.5. The van der Waals surface area contributed by atoms with Crippen molar-refractivity contribution in [2.24, 2.45) is 0 Å². The van der Waals surface area contributed by atoms with Crippen LogP contribution in [0.4, 0.5) is 0 Å². The van der Waals surface area contributed by atoms with Gasteiger partial charge in [0.2, 0.25) is 11.6 Å². The third-order valence-electron chi connectivity index (χ3n) is 6.82. The number of hydrogen-bond acceptors (Lipinski definition) is 3. The van der Waals surface area contributed by atoms with Gasteiger partial charge in [0.25, 0.3) is 5.91 Å². The number of piperazine rings is 1. The first-order valence-electron chi connectivity index (χ1n) is 11.8. The van der Waals surface area contributed by atoms with Crippen molar-refractivity contribution in [3.63, 3.8) is 0 Å². The highest BCUT2D eigenvalue weighted by Gasteiger charge is 2.34. The molecule has 0 radical (unpaired) electrons. The van der Waals surface area contributed by atoms with E-state index in [0.29, 0.717) is 37.6 Å². The van der Waals surface area contributed by atoms with Crippen LogP contribution in [0.3, 0.4) is 0 Å². The van der Waals surface area contributed by atoms with Crippen molar-refractivity contribution in [2.45, 2.75) is 31.8 Å². The number of amides is 2. The van der Waals surface area contributed by atoms with E-state index in [1.165, 1.54) is 0 Å². The molecule has 1 aliphatic heterocycles. The maximum absolute atomic E-state index is 13.7. The van der Waals surface area contributed by atoms with E-state index >= 15 is 0 Å². The van der Waals surface area contributed by atoms with Gasteiger partial charge in [0.05, 0.1) is 12.8 Å². The van der Waals surface area contributed by atoms with Crippen LogP contribution in [0.25, 0.3) is 11.1 Å². The Morgan fingerprint density at radius 2 is 1.80 bits per heavy atom. The second-order valence-corrected chi connectivity index (χ2v) is 9.56. The average Bonchev–Trinajstić information content (AvgIpc) is 3.47. The second-order valence-electron chi connectivity index (χ2n) is 9.13. The lowest BCUT2D eigenvalue weighted by Crippen LogP contribution is -2.56. The molecule has 3 heterocycles. The SMILES string of the molecule is Cc1ccccc1Cn1c(C(=O)N2CCN(C(=O)C(Cl)c3ccccc3)C(C)C2)cc2ccoc21. The molecule has 35 heavy (non-hydrogen) atoms. The monoisotopic (exact) mass is 489 g/mol. The molecular weight excluding hydrogens is 462 g/mol. The first-order chi connectivity index (χ1) is 16.9. The number of fused-ring (bicyclic) bond motifs is 1. The first kappa shape index (κ1) is 23.2. The van der Waals surface area contributed by atoms with Gasteiger partial charge in [-0.2, -0.15) is 0 Å². The van der Waals surface area contributed by atoms with Crippen molar-refractivity contribution >= 4 is 34.5 Å². The molecule has 0 bridgehead atoms. The van der Waals surface area contributed by atoms with Gasteiger partial charge in [-0.15, -0.1) is 11.6 Å². The predicted octanol–water partition coefficient (Wildman–Crippen LogP) is 5.24. The maximum Gasteiger partial charge on any atom is 0.270 e. The molecule has 1 fully saturated rings. The average molecular weight is 490 g/mol. The lowest BCUT2D eigenvalue weighted by Gasteiger charge is -2.40. The highest BCUT2D eigenvalue weighted by molar-refractivity contribution is 6.30. The summed E-state index contributed by atoms with van der Waals surface area (Å²) in [6.45, 7) is 5.91. The molecule has 2 atom stereocenters. The summed E-state index contributed by atoms with van der Waals surface area (Å²) in [6, 6.07) is 21.1. The van der Waals surface area contributed by atoms with Gasteiger partial charge in [-0.05, 0) is 42.7 Å². The first-order valence-corrected chi connectivity index (χ1v) is 12.3. The lowest BCUT2D eigenvalue weighted by molar-refractivity contribution is -0.135. The largest absolute Gasteiger partial charge is 0.448 e. The third-order valence-corrected chi connectivity index (χ3v) is 7.26. The van der Waals surface area contributed by atoms with E-state index < -0.39 is 5.38 Å². The Morgan fingerprint density at radius 3 is 2.54 bits per heavy atom. The third kappa shape index (κ3) is 4.46. The van der Waals surface area contributed by atoms with E-state index in [-0.39, 0.29) is 17.9 Å². The van der Waals surface area contributed by atoms with E-state index in [4.69, 9.17) is 16.0 Å². The number of carbonyl (C=O) groups excluding carboxylic acids is 2. The van der Waals surface area contributed by atoms with Crippen molar-refractivity contribution in [3.05, 3.63) is 95.4 Å². The summed E-state index contributed by atoms with van der Waals surface area (Å²) in [4.78, 5) is 30.4. The molecule has 2 amide bonds. The lowest BCUT2D eigenvalue weighted by atomic mass is 10.1. The molecular formula is C28H28ClN3O3. The highest BCUT2D eigenvalue weighted by Crippen LogP contribution is 2.27. The molecule has 0 spiro atoms. The Morgan fingerprint density at radius 1 is 1.06 bits per heavy atom. The molecule has 6 nitrogen and oxygen atoms in total. The molecule has 1 aliphatic rings. The zero-order chi connectivity index (χ0) is 24.5. The van der Waals surface area contributed by atoms with Gasteiger partial charge < -0.3 is 18.8 Å². The van der Waals surface area contributed by atoms with Crippen molar-refractivity contribution in [1.82, 2.24) is 14.4 Å². The summed E-state index contributed by atoms with van der Waals surface area (Å²) in [5.74, 6) is -0.188. The molecule has 2 aromatic heterocycles. The van der Waals surface area contributed by atoms with E-state index in [1.54, 1.807) is 11.2 Å². The predicted molar refractivity (Wildman–Crippen MR) is 137 cm³/mol. The number of nitrogens with zero attached hydrogens (tertiary/aromatic N) is 3. The zero-order valence-electron chi connectivity index (χ0n) is 19.9. The summed E-state index contributed by atoms with van der Waals surface area (Å²) < 4.78 is 7.69. The Balaban J connectivity index is 1.35. The number of halogens is 1. The van der Waals surface area contributed by atoms with E-state index in [9.17, 15) is 9.59 Å². The second kappa shape index (κ2) is 9.62. The van der Waals surface area contributed by atoms with Gasteiger partial charge in [-0.3, -0.25) is 9.59 Å². The molecule has 0 aliphatic carbocycles. The molecule has 180 valence electrons. The minimum absolute atomic E-state index is 0.0607. The Kier molecular flexibility index (Phi) is 6.39. The van der Waals surface area contributed by atoms with Gasteiger partial charge >= 0.3 is 0 Å². The standard InChI is InChI=1S/C28H28ClN3O3/c1-19-8-6-7-11-23(19)18-32-24(16-22-12-15-35-28(22)32)26(33)30-13-14-31(20(2)17-30)27(34)25(29)21-9-4-3-5-10-21/h3-12,15-16,20,25H,13-14,17-18H2,1-2H3.